The maximum atomic E-state index is 13.5. The number of benzene rings is 2. The Kier molecular flexibility index (Phi) is 4.71. The molecule has 2 rings (SSSR count). The Morgan fingerprint density at radius 2 is 1.75 bits per heavy atom. The Labute approximate surface area is 132 Å². The molecule has 1 nitrogen and oxygen atoms in total. The van der Waals surface area contributed by atoms with Crippen LogP contribution in [0.5, 0.6) is 0 Å². The highest BCUT2D eigenvalue weighted by Gasteiger charge is 2.10. The average Bonchev–Trinajstić information content (AvgIpc) is 2.39. The fourth-order valence-corrected chi connectivity index (χ4v) is 2.49. The zero-order chi connectivity index (χ0) is 14.9. The second-order valence-corrected chi connectivity index (χ2v) is 6.16. The van der Waals surface area contributed by atoms with E-state index in [4.69, 9.17) is 11.6 Å². The minimum absolute atomic E-state index is 0.00161. The van der Waals surface area contributed by atoms with Gasteiger partial charge in [0.15, 0.2) is 0 Å². The molecule has 0 saturated heterocycles. The van der Waals surface area contributed by atoms with Crippen molar-refractivity contribution in [2.75, 3.05) is 5.32 Å². The van der Waals surface area contributed by atoms with Crippen molar-refractivity contribution in [1.82, 2.24) is 0 Å². The number of rotatable bonds is 3. The first-order chi connectivity index (χ1) is 9.38. The summed E-state index contributed by atoms with van der Waals surface area (Å²) in [6, 6.07) is 9.03. The Morgan fingerprint density at radius 1 is 1.15 bits per heavy atom. The molecule has 0 bridgehead atoms. The smallest absolute Gasteiger partial charge is 0.142 e. The van der Waals surface area contributed by atoms with Crippen LogP contribution in [-0.2, 0) is 0 Å². The number of halogens is 3. The molecular formula is C16H16BrClFN. The molecule has 2 aromatic carbocycles. The number of anilines is 1. The van der Waals surface area contributed by atoms with Crippen molar-refractivity contribution in [3.63, 3.8) is 0 Å². The van der Waals surface area contributed by atoms with Crippen molar-refractivity contribution in [3.05, 3.63) is 62.3 Å². The zero-order valence-corrected chi connectivity index (χ0v) is 13.9. The molecule has 0 amide bonds. The van der Waals surface area contributed by atoms with E-state index in [1.165, 1.54) is 17.2 Å². The largest absolute Gasteiger partial charge is 0.379 e. The summed E-state index contributed by atoms with van der Waals surface area (Å²) in [7, 11) is 0. The molecule has 0 fully saturated rings. The fourth-order valence-electron chi connectivity index (χ4n) is 2.14. The standard InChI is InChI=1S/C16H16BrClFN/c1-9-6-13(7-10(2)16(9)17)20-11(3)12-4-5-14(18)15(19)8-12/h4-8,11,20H,1-3H3. The van der Waals surface area contributed by atoms with Gasteiger partial charge in [-0.1, -0.05) is 33.6 Å². The van der Waals surface area contributed by atoms with Gasteiger partial charge in [0.2, 0.25) is 0 Å². The molecule has 0 radical (unpaired) electrons. The first-order valence-corrected chi connectivity index (χ1v) is 7.54. The minimum Gasteiger partial charge on any atom is -0.379 e. The third-order valence-electron chi connectivity index (χ3n) is 3.26. The van der Waals surface area contributed by atoms with E-state index in [0.29, 0.717) is 0 Å². The molecular weight excluding hydrogens is 341 g/mol. The third-order valence-corrected chi connectivity index (χ3v) is 4.82. The molecule has 1 atom stereocenters. The fraction of sp³-hybridized carbons (Fsp3) is 0.250. The number of aryl methyl sites for hydroxylation is 2. The maximum absolute atomic E-state index is 13.5. The van der Waals surface area contributed by atoms with Crippen LogP contribution in [0.15, 0.2) is 34.8 Å². The summed E-state index contributed by atoms with van der Waals surface area (Å²) in [4.78, 5) is 0. The van der Waals surface area contributed by atoms with E-state index in [1.54, 1.807) is 6.07 Å². The van der Waals surface area contributed by atoms with Crippen LogP contribution < -0.4 is 5.32 Å². The number of nitrogens with one attached hydrogen (secondary N) is 1. The molecule has 0 aromatic heterocycles. The lowest BCUT2D eigenvalue weighted by atomic mass is 10.1. The predicted octanol–water partition coefficient (Wildman–Crippen LogP) is 6.03. The highest BCUT2D eigenvalue weighted by atomic mass is 79.9. The maximum Gasteiger partial charge on any atom is 0.142 e. The van der Waals surface area contributed by atoms with E-state index in [2.05, 4.69) is 47.2 Å². The Bertz CT molecular complexity index is 619. The first-order valence-electron chi connectivity index (χ1n) is 6.36. The minimum atomic E-state index is -0.388. The van der Waals surface area contributed by atoms with Crippen molar-refractivity contribution in [3.8, 4) is 0 Å². The monoisotopic (exact) mass is 355 g/mol. The van der Waals surface area contributed by atoms with Gasteiger partial charge in [-0.2, -0.15) is 0 Å². The van der Waals surface area contributed by atoms with Gasteiger partial charge in [-0.15, -0.1) is 0 Å². The van der Waals surface area contributed by atoms with Crippen molar-refractivity contribution in [1.29, 1.82) is 0 Å². The van der Waals surface area contributed by atoms with E-state index in [1.807, 2.05) is 13.0 Å². The first kappa shape index (κ1) is 15.3. The zero-order valence-electron chi connectivity index (χ0n) is 11.6. The summed E-state index contributed by atoms with van der Waals surface area (Å²) in [6.07, 6.45) is 0. The van der Waals surface area contributed by atoms with Gasteiger partial charge in [-0.25, -0.2) is 4.39 Å². The Hall–Kier alpha value is -1.06. The van der Waals surface area contributed by atoms with Gasteiger partial charge in [0.05, 0.1) is 5.02 Å². The van der Waals surface area contributed by atoms with Gasteiger partial charge in [0.25, 0.3) is 0 Å². The Morgan fingerprint density at radius 3 is 2.30 bits per heavy atom. The van der Waals surface area contributed by atoms with E-state index in [-0.39, 0.29) is 16.9 Å². The van der Waals surface area contributed by atoms with E-state index in [0.717, 1.165) is 15.7 Å². The van der Waals surface area contributed by atoms with Crippen molar-refractivity contribution in [2.45, 2.75) is 26.8 Å². The summed E-state index contributed by atoms with van der Waals surface area (Å²) in [6.45, 7) is 6.10. The summed E-state index contributed by atoms with van der Waals surface area (Å²) >= 11 is 9.25. The third kappa shape index (κ3) is 3.33. The SMILES string of the molecule is Cc1cc(NC(C)c2ccc(Cl)c(F)c2)cc(C)c1Br. The topological polar surface area (TPSA) is 12.0 Å². The second kappa shape index (κ2) is 6.15. The van der Waals surface area contributed by atoms with Crippen LogP contribution in [0.2, 0.25) is 5.02 Å². The van der Waals surface area contributed by atoms with Gasteiger partial charge >= 0.3 is 0 Å². The summed E-state index contributed by atoms with van der Waals surface area (Å²) < 4.78 is 14.6. The van der Waals surface area contributed by atoms with Crippen LogP contribution in [-0.4, -0.2) is 0 Å². The number of hydrogen-bond donors (Lipinski definition) is 1. The summed E-state index contributed by atoms with van der Waals surface area (Å²) in [5.41, 5.74) is 4.22. The molecule has 0 saturated carbocycles. The highest BCUT2D eigenvalue weighted by Crippen LogP contribution is 2.28. The summed E-state index contributed by atoms with van der Waals surface area (Å²) in [5.74, 6) is -0.388. The van der Waals surface area contributed by atoms with E-state index < -0.39 is 0 Å². The van der Waals surface area contributed by atoms with Gasteiger partial charge in [-0.05, 0) is 61.7 Å². The summed E-state index contributed by atoms with van der Waals surface area (Å²) in [5, 5.41) is 3.53. The van der Waals surface area contributed by atoms with Crippen molar-refractivity contribution >= 4 is 33.2 Å². The molecule has 2 aromatic rings. The molecule has 1 unspecified atom stereocenters. The van der Waals surface area contributed by atoms with E-state index in [9.17, 15) is 4.39 Å². The van der Waals surface area contributed by atoms with Crippen LogP contribution in [0, 0.1) is 19.7 Å². The van der Waals surface area contributed by atoms with Crippen LogP contribution in [0.1, 0.15) is 29.7 Å². The van der Waals surface area contributed by atoms with Crippen LogP contribution in [0.4, 0.5) is 10.1 Å². The van der Waals surface area contributed by atoms with Crippen molar-refractivity contribution < 1.29 is 4.39 Å². The van der Waals surface area contributed by atoms with Gasteiger partial charge in [-0.3, -0.25) is 0 Å². The lowest BCUT2D eigenvalue weighted by Gasteiger charge is -2.17. The molecule has 0 aliphatic carbocycles. The average molecular weight is 357 g/mol. The van der Waals surface area contributed by atoms with Crippen LogP contribution >= 0.6 is 27.5 Å². The molecule has 0 aliphatic heterocycles. The van der Waals surface area contributed by atoms with Crippen molar-refractivity contribution in [2.24, 2.45) is 0 Å². The van der Waals surface area contributed by atoms with Crippen LogP contribution in [0.25, 0.3) is 0 Å². The Balaban J connectivity index is 2.23. The molecule has 0 heterocycles. The molecule has 4 heteroatoms. The van der Waals surface area contributed by atoms with Crippen LogP contribution in [0.3, 0.4) is 0 Å². The second-order valence-electron chi connectivity index (χ2n) is 4.96. The normalized spacial score (nSPS) is 12.3. The number of hydrogen-bond acceptors (Lipinski definition) is 1. The highest BCUT2D eigenvalue weighted by molar-refractivity contribution is 9.10. The molecule has 1 N–H and O–H groups in total. The molecule has 0 aliphatic rings. The molecule has 0 spiro atoms. The molecule has 20 heavy (non-hydrogen) atoms. The van der Waals surface area contributed by atoms with Gasteiger partial charge in [0.1, 0.15) is 5.82 Å². The van der Waals surface area contributed by atoms with E-state index >= 15 is 0 Å². The lowest BCUT2D eigenvalue weighted by molar-refractivity contribution is 0.624. The molecule has 106 valence electrons. The quantitative estimate of drug-likeness (QED) is 0.708. The lowest BCUT2D eigenvalue weighted by Crippen LogP contribution is -2.07. The van der Waals surface area contributed by atoms with Gasteiger partial charge in [0, 0.05) is 16.2 Å². The van der Waals surface area contributed by atoms with Gasteiger partial charge < -0.3 is 5.32 Å². The predicted molar refractivity (Wildman–Crippen MR) is 87.1 cm³/mol.